The number of aromatic nitrogens is 1. The number of aromatic amines is 1. The first-order chi connectivity index (χ1) is 3.39. The van der Waals surface area contributed by atoms with E-state index in [-0.39, 0.29) is 5.82 Å². The number of nitrogens with one attached hydrogen (secondary N) is 1. The summed E-state index contributed by atoms with van der Waals surface area (Å²) < 4.78 is 11.9. The molecule has 1 nitrogen and oxygen atoms in total. The third kappa shape index (κ3) is 0.961. The first kappa shape index (κ1) is 4.24. The maximum atomic E-state index is 11.9. The molecule has 0 aliphatic carbocycles. The van der Waals surface area contributed by atoms with Crippen LogP contribution in [0.4, 0.5) is 4.39 Å². The van der Waals surface area contributed by atoms with E-state index in [4.69, 9.17) is 0 Å². The topological polar surface area (TPSA) is 14.1 Å². The fourth-order valence-corrected chi connectivity index (χ4v) is 0.371. The molecule has 0 fully saturated rings. The summed E-state index contributed by atoms with van der Waals surface area (Å²) in [4.78, 5) is 2.59. The molecular formula is C5H5FN+. The summed E-state index contributed by atoms with van der Waals surface area (Å²) in [5, 5.41) is 0. The highest BCUT2D eigenvalue weighted by Crippen LogP contribution is 1.84. The van der Waals surface area contributed by atoms with Crippen molar-refractivity contribution in [1.29, 1.82) is 0 Å². The van der Waals surface area contributed by atoms with Gasteiger partial charge < -0.3 is 0 Å². The largest absolute Gasteiger partial charge is 0.215 e. The molecule has 0 aliphatic rings. The third-order valence-electron chi connectivity index (χ3n) is 0.669. The number of hydrogen-bond acceptors (Lipinski definition) is 0. The van der Waals surface area contributed by atoms with Gasteiger partial charge in [-0.15, -0.1) is 0 Å². The van der Waals surface area contributed by atoms with Crippen molar-refractivity contribution in [1.82, 2.24) is 0 Å². The van der Waals surface area contributed by atoms with Crippen molar-refractivity contribution in [2.75, 3.05) is 0 Å². The summed E-state index contributed by atoms with van der Waals surface area (Å²) >= 11 is 0. The van der Waals surface area contributed by atoms with E-state index < -0.39 is 0 Å². The fourth-order valence-electron chi connectivity index (χ4n) is 0.371. The van der Waals surface area contributed by atoms with Crippen molar-refractivity contribution in [3.05, 3.63) is 30.3 Å². The van der Waals surface area contributed by atoms with Crippen molar-refractivity contribution in [2.24, 2.45) is 0 Å². The van der Waals surface area contributed by atoms with Crippen LogP contribution in [0.2, 0.25) is 0 Å². The summed E-state index contributed by atoms with van der Waals surface area (Å²) in [5.74, 6) is -0.234. The second-order valence-electron chi connectivity index (χ2n) is 1.22. The van der Waals surface area contributed by atoms with Gasteiger partial charge in [0.2, 0.25) is 6.20 Å². The third-order valence-corrected chi connectivity index (χ3v) is 0.669. The second-order valence-corrected chi connectivity index (χ2v) is 1.22. The summed E-state index contributed by atoms with van der Waals surface area (Å²) in [7, 11) is 0. The smallest absolute Gasteiger partial charge is 0.203 e. The zero-order valence-corrected chi connectivity index (χ0v) is 3.69. The fraction of sp³-hybridized carbons (Fsp3) is 0. The molecule has 0 radical (unpaired) electrons. The molecule has 1 heterocycles. The average molecular weight is 98.1 g/mol. The molecule has 0 bridgehead atoms. The van der Waals surface area contributed by atoms with Crippen LogP contribution in [-0.2, 0) is 0 Å². The molecule has 0 aliphatic heterocycles. The van der Waals surface area contributed by atoms with Crippen LogP contribution < -0.4 is 4.98 Å². The molecule has 0 atom stereocenters. The highest BCUT2D eigenvalue weighted by Gasteiger charge is 1.84. The van der Waals surface area contributed by atoms with Crippen LogP contribution in [0.1, 0.15) is 0 Å². The lowest BCUT2D eigenvalue weighted by molar-refractivity contribution is -0.380. The lowest BCUT2D eigenvalue weighted by atomic mass is 10.5. The monoisotopic (exact) mass is 98.0 g/mol. The predicted octanol–water partition coefficient (Wildman–Crippen LogP) is 0.640. The number of rotatable bonds is 0. The van der Waals surface area contributed by atoms with E-state index >= 15 is 0 Å². The number of hydrogen-bond donors (Lipinski definition) is 0. The van der Waals surface area contributed by atoms with Gasteiger partial charge >= 0.3 is 0 Å². The Balaban J connectivity index is 3.02. The van der Waals surface area contributed by atoms with Crippen LogP contribution in [0.15, 0.2) is 24.5 Å². The summed E-state index contributed by atoms with van der Waals surface area (Å²) in [6.45, 7) is 0. The van der Waals surface area contributed by atoms with Crippen LogP contribution in [0.25, 0.3) is 0 Å². The highest BCUT2D eigenvalue weighted by molar-refractivity contribution is 4.87. The van der Waals surface area contributed by atoms with Crippen molar-refractivity contribution >= 4 is 0 Å². The molecule has 1 aromatic heterocycles. The highest BCUT2D eigenvalue weighted by atomic mass is 19.1. The zero-order chi connectivity index (χ0) is 5.11. The Hall–Kier alpha value is -0.920. The first-order valence-corrected chi connectivity index (χ1v) is 2.01. The van der Waals surface area contributed by atoms with Gasteiger partial charge in [0.25, 0.3) is 0 Å². The van der Waals surface area contributed by atoms with Crippen LogP contribution in [-0.4, -0.2) is 0 Å². The summed E-state index contributed by atoms with van der Waals surface area (Å²) in [6, 6.07) is 2.99. The lowest BCUT2D eigenvalue weighted by Gasteiger charge is -1.72. The Bertz CT molecular complexity index is 138. The van der Waals surface area contributed by atoms with Gasteiger partial charge in [0.15, 0.2) is 12.0 Å². The zero-order valence-electron chi connectivity index (χ0n) is 3.69. The minimum atomic E-state index is -0.234. The van der Waals surface area contributed by atoms with Gasteiger partial charge in [-0.25, -0.2) is 9.37 Å². The molecule has 0 saturated heterocycles. The molecular weight excluding hydrogens is 93.1 g/mol. The SMILES string of the molecule is Fc1ccc[nH+]c1. The molecule has 1 aromatic rings. The standard InChI is InChI=1S/C5H4FN/c6-5-2-1-3-7-4-5/h1-4H/p+1. The Morgan fingerprint density at radius 2 is 2.43 bits per heavy atom. The molecule has 0 saturated carbocycles. The van der Waals surface area contributed by atoms with E-state index in [0.29, 0.717) is 0 Å². The maximum Gasteiger partial charge on any atom is 0.203 e. The molecule has 7 heavy (non-hydrogen) atoms. The number of halogens is 1. The number of H-pyrrole nitrogens is 1. The van der Waals surface area contributed by atoms with Crippen molar-refractivity contribution < 1.29 is 9.37 Å². The second kappa shape index (κ2) is 1.69. The Kier molecular flexibility index (Phi) is 1.02. The molecule has 0 unspecified atom stereocenters. The molecule has 1 rings (SSSR count). The van der Waals surface area contributed by atoms with Crippen LogP contribution in [0, 0.1) is 5.82 Å². The Morgan fingerprint density at radius 1 is 1.57 bits per heavy atom. The van der Waals surface area contributed by atoms with Crippen LogP contribution >= 0.6 is 0 Å². The van der Waals surface area contributed by atoms with Gasteiger partial charge in [-0.2, -0.15) is 0 Å². The van der Waals surface area contributed by atoms with Crippen LogP contribution in [0.5, 0.6) is 0 Å². The molecule has 0 spiro atoms. The maximum absolute atomic E-state index is 11.9. The van der Waals surface area contributed by atoms with E-state index in [2.05, 4.69) is 4.98 Å². The van der Waals surface area contributed by atoms with Gasteiger partial charge in [0.1, 0.15) is 0 Å². The van der Waals surface area contributed by atoms with Crippen molar-refractivity contribution in [3.63, 3.8) is 0 Å². The van der Waals surface area contributed by atoms with Crippen LogP contribution in [0.3, 0.4) is 0 Å². The van der Waals surface area contributed by atoms with E-state index in [0.717, 1.165) is 0 Å². The first-order valence-electron chi connectivity index (χ1n) is 2.01. The Labute approximate surface area is 40.8 Å². The predicted molar refractivity (Wildman–Crippen MR) is 23.0 cm³/mol. The lowest BCUT2D eigenvalue weighted by Crippen LogP contribution is -1.97. The average Bonchev–Trinajstić information content (AvgIpc) is 1.69. The van der Waals surface area contributed by atoms with E-state index in [1.54, 1.807) is 12.3 Å². The van der Waals surface area contributed by atoms with E-state index in [1.807, 2.05) is 0 Å². The van der Waals surface area contributed by atoms with Gasteiger partial charge in [-0.1, -0.05) is 0 Å². The van der Waals surface area contributed by atoms with Gasteiger partial charge in [0.05, 0.1) is 0 Å². The minimum Gasteiger partial charge on any atom is -0.215 e. The molecule has 2 heteroatoms. The van der Waals surface area contributed by atoms with Gasteiger partial charge in [0, 0.05) is 6.07 Å². The molecule has 1 N–H and O–H groups in total. The minimum absolute atomic E-state index is 0.234. The summed E-state index contributed by atoms with van der Waals surface area (Å²) in [6.07, 6.45) is 2.95. The van der Waals surface area contributed by atoms with Gasteiger partial charge in [-0.05, 0) is 6.07 Å². The van der Waals surface area contributed by atoms with Crippen molar-refractivity contribution in [2.45, 2.75) is 0 Å². The molecule has 0 aromatic carbocycles. The van der Waals surface area contributed by atoms with Crippen molar-refractivity contribution in [3.8, 4) is 0 Å². The normalized spacial score (nSPS) is 8.71. The van der Waals surface area contributed by atoms with E-state index in [9.17, 15) is 4.39 Å². The molecule has 0 amide bonds. The van der Waals surface area contributed by atoms with Gasteiger partial charge in [-0.3, -0.25) is 0 Å². The Morgan fingerprint density at radius 3 is 2.71 bits per heavy atom. The number of pyridine rings is 1. The summed E-state index contributed by atoms with van der Waals surface area (Å²) in [5.41, 5.74) is 0. The van der Waals surface area contributed by atoms with E-state index in [1.165, 1.54) is 12.3 Å². The molecule has 36 valence electrons. The quantitative estimate of drug-likeness (QED) is 0.452.